The van der Waals surface area contributed by atoms with Gasteiger partial charge in [-0.25, -0.2) is 13.1 Å². The molecule has 2 aromatic rings. The van der Waals surface area contributed by atoms with Gasteiger partial charge in [-0.3, -0.25) is 9.59 Å². The molecule has 0 bridgehead atoms. The molecule has 0 fully saturated rings. The van der Waals surface area contributed by atoms with E-state index in [9.17, 15) is 18.0 Å². The second-order valence-corrected chi connectivity index (χ2v) is 8.65. The van der Waals surface area contributed by atoms with E-state index < -0.39 is 21.5 Å². The second kappa shape index (κ2) is 7.39. The predicted molar refractivity (Wildman–Crippen MR) is 101 cm³/mol. The van der Waals surface area contributed by atoms with E-state index in [1.807, 2.05) is 0 Å². The molecule has 0 atom stereocenters. The molecule has 0 spiro atoms. The molecule has 0 aromatic heterocycles. The van der Waals surface area contributed by atoms with Crippen molar-refractivity contribution >= 4 is 27.4 Å². The van der Waals surface area contributed by atoms with Crippen LogP contribution in [0.2, 0.25) is 0 Å². The van der Waals surface area contributed by atoms with Crippen LogP contribution < -0.4 is 10.0 Å². The number of hydrogen-bond donors (Lipinski definition) is 2. The molecule has 138 valence electrons. The monoisotopic (exact) mass is 374 g/mol. The van der Waals surface area contributed by atoms with Gasteiger partial charge >= 0.3 is 0 Å². The molecule has 0 saturated carbocycles. The first-order valence-corrected chi connectivity index (χ1v) is 9.53. The van der Waals surface area contributed by atoms with Crippen LogP contribution in [0.1, 0.15) is 48.4 Å². The van der Waals surface area contributed by atoms with Gasteiger partial charge in [0.2, 0.25) is 10.0 Å². The highest BCUT2D eigenvalue weighted by Crippen LogP contribution is 2.16. The average Bonchev–Trinajstić information content (AvgIpc) is 2.53. The summed E-state index contributed by atoms with van der Waals surface area (Å²) in [7, 11) is -3.73. The molecule has 2 aromatic carbocycles. The summed E-state index contributed by atoms with van der Waals surface area (Å²) in [5.41, 5.74) is 0.651. The third-order valence-electron chi connectivity index (χ3n) is 3.40. The summed E-state index contributed by atoms with van der Waals surface area (Å²) in [4.78, 5) is 23.7. The lowest BCUT2D eigenvalue weighted by molar-refractivity contribution is 0.101. The summed E-state index contributed by atoms with van der Waals surface area (Å²) in [5, 5.41) is 2.69. The van der Waals surface area contributed by atoms with Gasteiger partial charge in [0.25, 0.3) is 5.91 Å². The third-order valence-corrected chi connectivity index (χ3v) is 5.15. The molecule has 0 heterocycles. The Morgan fingerprint density at radius 1 is 0.923 bits per heavy atom. The Morgan fingerprint density at radius 3 is 2.08 bits per heavy atom. The van der Waals surface area contributed by atoms with Crippen LogP contribution in [0.5, 0.6) is 0 Å². The van der Waals surface area contributed by atoms with E-state index in [1.165, 1.54) is 31.2 Å². The summed E-state index contributed by atoms with van der Waals surface area (Å²) < 4.78 is 27.4. The lowest BCUT2D eigenvalue weighted by atomic mass is 10.1. The van der Waals surface area contributed by atoms with Crippen molar-refractivity contribution in [3.05, 3.63) is 59.7 Å². The van der Waals surface area contributed by atoms with Crippen LogP contribution in [0.3, 0.4) is 0 Å². The van der Waals surface area contributed by atoms with Crippen molar-refractivity contribution in [1.82, 2.24) is 4.72 Å². The normalized spacial score (nSPS) is 11.8. The third kappa shape index (κ3) is 5.24. The highest BCUT2D eigenvalue weighted by Gasteiger charge is 2.22. The van der Waals surface area contributed by atoms with E-state index >= 15 is 0 Å². The van der Waals surface area contributed by atoms with Crippen LogP contribution in [0.4, 0.5) is 5.69 Å². The van der Waals surface area contributed by atoms with Crippen molar-refractivity contribution in [3.63, 3.8) is 0 Å². The minimum absolute atomic E-state index is 0.0204. The molecule has 2 N–H and O–H groups in total. The minimum atomic E-state index is -3.73. The maximum absolute atomic E-state index is 12.4. The van der Waals surface area contributed by atoms with Gasteiger partial charge in [-0.1, -0.05) is 6.07 Å². The van der Waals surface area contributed by atoms with Crippen molar-refractivity contribution in [1.29, 1.82) is 0 Å². The van der Waals surface area contributed by atoms with E-state index in [2.05, 4.69) is 10.0 Å². The molecule has 2 rings (SSSR count). The SMILES string of the molecule is CC(=O)c1ccc(NC(=O)c2cccc(S(=O)(=O)NC(C)(C)C)c2)cc1. The summed E-state index contributed by atoms with van der Waals surface area (Å²) in [6.45, 7) is 6.69. The van der Waals surface area contributed by atoms with E-state index in [1.54, 1.807) is 45.0 Å². The number of carbonyl (C=O) groups is 2. The molecule has 1 amide bonds. The van der Waals surface area contributed by atoms with Crippen molar-refractivity contribution in [2.75, 3.05) is 5.32 Å². The van der Waals surface area contributed by atoms with Crippen molar-refractivity contribution in [3.8, 4) is 0 Å². The minimum Gasteiger partial charge on any atom is -0.322 e. The van der Waals surface area contributed by atoms with Gasteiger partial charge in [0, 0.05) is 22.4 Å². The lowest BCUT2D eigenvalue weighted by Crippen LogP contribution is -2.40. The van der Waals surface area contributed by atoms with E-state index in [4.69, 9.17) is 0 Å². The molecule has 0 unspecified atom stereocenters. The van der Waals surface area contributed by atoms with Crippen LogP contribution in [-0.2, 0) is 10.0 Å². The largest absolute Gasteiger partial charge is 0.322 e. The first-order chi connectivity index (χ1) is 12.0. The number of ketones is 1. The fourth-order valence-electron chi connectivity index (χ4n) is 2.26. The summed E-state index contributed by atoms with van der Waals surface area (Å²) in [6.07, 6.45) is 0. The number of rotatable bonds is 5. The van der Waals surface area contributed by atoms with E-state index in [-0.39, 0.29) is 16.2 Å². The quantitative estimate of drug-likeness (QED) is 0.786. The smallest absolute Gasteiger partial charge is 0.255 e. The van der Waals surface area contributed by atoms with Gasteiger partial charge in [0.15, 0.2) is 5.78 Å². The Balaban J connectivity index is 2.21. The molecule has 0 radical (unpaired) electrons. The van der Waals surface area contributed by atoms with Gasteiger partial charge in [-0.15, -0.1) is 0 Å². The Kier molecular flexibility index (Phi) is 5.63. The van der Waals surface area contributed by atoms with Crippen LogP contribution in [0, 0.1) is 0 Å². The number of carbonyl (C=O) groups excluding carboxylic acids is 2. The van der Waals surface area contributed by atoms with Crippen molar-refractivity contribution in [2.24, 2.45) is 0 Å². The molecule has 0 aliphatic carbocycles. The van der Waals surface area contributed by atoms with Crippen LogP contribution in [-0.4, -0.2) is 25.6 Å². The predicted octanol–water partition coefficient (Wildman–Crippen LogP) is 3.22. The van der Waals surface area contributed by atoms with Crippen molar-refractivity contribution in [2.45, 2.75) is 38.1 Å². The Bertz CT molecular complexity index is 927. The molecule has 0 aliphatic rings. The molecular formula is C19H22N2O4S. The van der Waals surface area contributed by atoms with Crippen LogP contribution in [0.25, 0.3) is 0 Å². The number of Topliss-reactive ketones (excluding diaryl/α,β-unsaturated/α-hetero) is 1. The number of anilines is 1. The highest BCUT2D eigenvalue weighted by molar-refractivity contribution is 7.89. The standard InChI is InChI=1S/C19H22N2O4S/c1-13(22)14-8-10-16(11-9-14)20-18(23)15-6-5-7-17(12-15)26(24,25)21-19(2,3)4/h5-12,21H,1-4H3,(H,20,23). The van der Waals surface area contributed by atoms with E-state index in [0.29, 0.717) is 11.3 Å². The molecule has 26 heavy (non-hydrogen) atoms. The fourth-order valence-corrected chi connectivity index (χ4v) is 3.72. The Hall–Kier alpha value is -2.51. The first-order valence-electron chi connectivity index (χ1n) is 8.04. The van der Waals surface area contributed by atoms with Gasteiger partial charge in [-0.2, -0.15) is 0 Å². The van der Waals surface area contributed by atoms with Gasteiger partial charge in [0.05, 0.1) is 4.90 Å². The zero-order chi connectivity index (χ0) is 19.5. The lowest BCUT2D eigenvalue weighted by Gasteiger charge is -2.20. The number of sulfonamides is 1. The zero-order valence-corrected chi connectivity index (χ0v) is 16.0. The average molecular weight is 374 g/mol. The highest BCUT2D eigenvalue weighted by atomic mass is 32.2. The molecular weight excluding hydrogens is 352 g/mol. The summed E-state index contributed by atoms with van der Waals surface area (Å²) >= 11 is 0. The molecule has 0 saturated heterocycles. The summed E-state index contributed by atoms with van der Waals surface area (Å²) in [5.74, 6) is -0.500. The zero-order valence-electron chi connectivity index (χ0n) is 15.2. The second-order valence-electron chi connectivity index (χ2n) is 6.97. The number of nitrogens with one attached hydrogen (secondary N) is 2. The molecule has 7 heteroatoms. The first kappa shape index (κ1) is 19.8. The molecule has 0 aliphatic heterocycles. The Labute approximate surface area is 153 Å². The maximum Gasteiger partial charge on any atom is 0.255 e. The van der Waals surface area contributed by atoms with Gasteiger partial charge < -0.3 is 5.32 Å². The van der Waals surface area contributed by atoms with Crippen molar-refractivity contribution < 1.29 is 18.0 Å². The molecule has 6 nitrogen and oxygen atoms in total. The van der Waals surface area contributed by atoms with Crippen LogP contribution in [0.15, 0.2) is 53.4 Å². The number of amides is 1. The topological polar surface area (TPSA) is 92.3 Å². The maximum atomic E-state index is 12.4. The van der Waals surface area contributed by atoms with E-state index in [0.717, 1.165) is 0 Å². The number of benzene rings is 2. The van der Waals surface area contributed by atoms with Crippen LogP contribution >= 0.6 is 0 Å². The van der Waals surface area contributed by atoms with Gasteiger partial charge in [0.1, 0.15) is 0 Å². The summed E-state index contributed by atoms with van der Waals surface area (Å²) in [6, 6.07) is 12.3. The van der Waals surface area contributed by atoms with Gasteiger partial charge in [-0.05, 0) is 70.2 Å². The number of hydrogen-bond acceptors (Lipinski definition) is 4. The fraction of sp³-hybridized carbons (Fsp3) is 0.263. The Morgan fingerprint density at radius 2 is 1.54 bits per heavy atom.